The Labute approximate surface area is 133 Å². The topological polar surface area (TPSA) is 18.5 Å². The van der Waals surface area contributed by atoms with Crippen LogP contribution in [0.25, 0.3) is 11.1 Å². The van der Waals surface area contributed by atoms with Gasteiger partial charge >= 0.3 is 7.12 Å². The lowest BCUT2D eigenvalue weighted by molar-refractivity contribution is 0.0850. The van der Waals surface area contributed by atoms with Crippen LogP contribution >= 0.6 is 0 Å². The first-order valence-electron chi connectivity index (χ1n) is 7.56. The van der Waals surface area contributed by atoms with Gasteiger partial charge in [0.15, 0.2) is 17.5 Å². The van der Waals surface area contributed by atoms with E-state index in [1.165, 1.54) is 0 Å². The van der Waals surface area contributed by atoms with Crippen molar-refractivity contribution in [1.29, 1.82) is 0 Å². The highest BCUT2D eigenvalue weighted by molar-refractivity contribution is 6.61. The Morgan fingerprint density at radius 2 is 1.52 bits per heavy atom. The maximum absolute atomic E-state index is 13.3. The molecule has 0 spiro atoms. The quantitative estimate of drug-likeness (QED) is 0.636. The Hall–Kier alpha value is -1.79. The molecule has 1 aliphatic rings. The van der Waals surface area contributed by atoms with Crippen molar-refractivity contribution in [3.8, 4) is 11.1 Å². The van der Waals surface area contributed by atoms with Gasteiger partial charge in [-0.25, -0.2) is 13.2 Å². The van der Waals surface area contributed by atoms with Crippen molar-refractivity contribution in [2.45, 2.75) is 13.3 Å². The molecule has 1 fully saturated rings. The second kappa shape index (κ2) is 6.77. The lowest BCUT2D eigenvalue weighted by Gasteiger charge is -2.26. The zero-order chi connectivity index (χ0) is 16.4. The zero-order valence-corrected chi connectivity index (χ0v) is 12.7. The summed E-state index contributed by atoms with van der Waals surface area (Å²) < 4.78 is 51.0. The molecule has 0 unspecified atom stereocenters. The molecular formula is C17H16BF3O2. The Morgan fingerprint density at radius 3 is 2.04 bits per heavy atom. The molecule has 0 radical (unpaired) electrons. The van der Waals surface area contributed by atoms with Gasteiger partial charge in [0.05, 0.1) is 0 Å². The van der Waals surface area contributed by atoms with E-state index in [2.05, 4.69) is 6.92 Å². The summed E-state index contributed by atoms with van der Waals surface area (Å²) in [5.74, 6) is -3.45. The highest BCUT2D eigenvalue weighted by Crippen LogP contribution is 2.23. The van der Waals surface area contributed by atoms with Crippen molar-refractivity contribution in [2.24, 2.45) is 5.92 Å². The zero-order valence-electron chi connectivity index (χ0n) is 12.7. The Morgan fingerprint density at radius 1 is 0.957 bits per heavy atom. The molecule has 1 aliphatic heterocycles. The van der Waals surface area contributed by atoms with Gasteiger partial charge in [0.1, 0.15) is 0 Å². The Balaban J connectivity index is 1.77. The molecule has 0 atom stereocenters. The van der Waals surface area contributed by atoms with E-state index in [0.29, 0.717) is 24.7 Å². The fourth-order valence-electron chi connectivity index (χ4n) is 2.53. The fraction of sp³-hybridized carbons (Fsp3) is 0.294. The molecule has 1 saturated heterocycles. The number of hydrogen-bond acceptors (Lipinski definition) is 2. The number of rotatable bonds is 3. The van der Waals surface area contributed by atoms with Crippen molar-refractivity contribution in [3.63, 3.8) is 0 Å². The SMILES string of the molecule is CCC1COB(c2ccc(-c3cc(F)c(F)c(F)c3)cc2)OC1. The summed E-state index contributed by atoms with van der Waals surface area (Å²) >= 11 is 0. The van der Waals surface area contributed by atoms with Crippen LogP contribution in [0.5, 0.6) is 0 Å². The minimum atomic E-state index is -1.46. The predicted molar refractivity (Wildman–Crippen MR) is 82.8 cm³/mol. The monoisotopic (exact) mass is 320 g/mol. The van der Waals surface area contributed by atoms with E-state index in [9.17, 15) is 13.2 Å². The molecule has 2 aromatic carbocycles. The van der Waals surface area contributed by atoms with Crippen LogP contribution < -0.4 is 5.46 Å². The van der Waals surface area contributed by atoms with E-state index in [1.54, 1.807) is 24.3 Å². The first-order valence-corrected chi connectivity index (χ1v) is 7.56. The highest BCUT2D eigenvalue weighted by Gasteiger charge is 2.28. The molecule has 1 heterocycles. The molecule has 0 aliphatic carbocycles. The third-order valence-corrected chi connectivity index (χ3v) is 4.04. The largest absolute Gasteiger partial charge is 0.493 e. The smallest absolute Gasteiger partial charge is 0.407 e. The van der Waals surface area contributed by atoms with Crippen LogP contribution in [0.2, 0.25) is 0 Å². The second-order valence-corrected chi connectivity index (χ2v) is 5.65. The van der Waals surface area contributed by atoms with Crippen LogP contribution in [0.15, 0.2) is 36.4 Å². The van der Waals surface area contributed by atoms with Crippen molar-refractivity contribution in [3.05, 3.63) is 53.8 Å². The van der Waals surface area contributed by atoms with Gasteiger partial charge in [0.2, 0.25) is 0 Å². The highest BCUT2D eigenvalue weighted by atomic mass is 19.2. The maximum atomic E-state index is 13.3. The maximum Gasteiger partial charge on any atom is 0.493 e. The van der Waals surface area contributed by atoms with E-state index in [0.717, 1.165) is 24.0 Å². The third kappa shape index (κ3) is 3.43. The number of benzene rings is 2. The lowest BCUT2D eigenvalue weighted by Crippen LogP contribution is -2.44. The molecule has 0 amide bonds. The lowest BCUT2D eigenvalue weighted by atomic mass is 9.77. The normalized spacial score (nSPS) is 15.9. The second-order valence-electron chi connectivity index (χ2n) is 5.65. The van der Waals surface area contributed by atoms with Crippen molar-refractivity contribution in [2.75, 3.05) is 13.2 Å². The van der Waals surface area contributed by atoms with Crippen LogP contribution in [0.4, 0.5) is 13.2 Å². The van der Waals surface area contributed by atoms with Gasteiger partial charge in [-0.3, -0.25) is 0 Å². The molecule has 6 heteroatoms. The minimum Gasteiger partial charge on any atom is -0.407 e. The molecule has 23 heavy (non-hydrogen) atoms. The first-order chi connectivity index (χ1) is 11.1. The fourth-order valence-corrected chi connectivity index (χ4v) is 2.53. The summed E-state index contributed by atoms with van der Waals surface area (Å²) in [6.45, 7) is 3.39. The van der Waals surface area contributed by atoms with E-state index in [4.69, 9.17) is 9.31 Å². The minimum absolute atomic E-state index is 0.282. The number of halogens is 3. The van der Waals surface area contributed by atoms with E-state index in [-0.39, 0.29) is 5.56 Å². The molecule has 2 nitrogen and oxygen atoms in total. The van der Waals surface area contributed by atoms with Crippen molar-refractivity contribution in [1.82, 2.24) is 0 Å². The van der Waals surface area contributed by atoms with Gasteiger partial charge in [-0.2, -0.15) is 0 Å². The molecule has 0 aromatic heterocycles. The molecule has 0 bridgehead atoms. The summed E-state index contributed by atoms with van der Waals surface area (Å²) in [5.41, 5.74) is 1.71. The van der Waals surface area contributed by atoms with E-state index >= 15 is 0 Å². The van der Waals surface area contributed by atoms with Crippen LogP contribution in [-0.2, 0) is 9.31 Å². The van der Waals surface area contributed by atoms with Gasteiger partial charge in [0, 0.05) is 19.1 Å². The van der Waals surface area contributed by atoms with Crippen LogP contribution in [-0.4, -0.2) is 20.3 Å². The summed E-state index contributed by atoms with van der Waals surface area (Å²) in [6, 6.07) is 8.94. The van der Waals surface area contributed by atoms with Crippen molar-refractivity contribution < 1.29 is 22.5 Å². The average molecular weight is 320 g/mol. The van der Waals surface area contributed by atoms with Gasteiger partial charge < -0.3 is 9.31 Å². The average Bonchev–Trinajstić information content (AvgIpc) is 2.59. The number of hydrogen-bond donors (Lipinski definition) is 0. The standard InChI is InChI=1S/C17H16BF3O2/c1-2-11-9-22-18(23-10-11)14-5-3-12(4-6-14)13-7-15(19)17(21)16(20)8-13/h3-8,11H,2,9-10H2,1H3. The molecular weight excluding hydrogens is 304 g/mol. The van der Waals surface area contributed by atoms with Gasteiger partial charge in [-0.05, 0) is 35.1 Å². The Bertz CT molecular complexity index is 660. The summed E-state index contributed by atoms with van der Waals surface area (Å²) in [5, 5.41) is 0. The molecule has 0 saturated carbocycles. The molecule has 120 valence electrons. The van der Waals surface area contributed by atoms with Crippen molar-refractivity contribution >= 4 is 12.6 Å². The Kier molecular flexibility index (Phi) is 4.73. The van der Waals surface area contributed by atoms with Crippen LogP contribution in [0.1, 0.15) is 13.3 Å². The van der Waals surface area contributed by atoms with Gasteiger partial charge in [-0.15, -0.1) is 0 Å². The van der Waals surface area contributed by atoms with Gasteiger partial charge in [0.25, 0.3) is 0 Å². The van der Waals surface area contributed by atoms with Crippen LogP contribution in [0.3, 0.4) is 0 Å². The van der Waals surface area contributed by atoms with E-state index in [1.807, 2.05) is 0 Å². The molecule has 3 rings (SSSR count). The van der Waals surface area contributed by atoms with E-state index < -0.39 is 24.6 Å². The third-order valence-electron chi connectivity index (χ3n) is 4.04. The predicted octanol–water partition coefficient (Wildman–Crippen LogP) is 3.54. The molecule has 0 N–H and O–H groups in total. The molecule has 2 aromatic rings. The summed E-state index contributed by atoms with van der Waals surface area (Å²) in [6.07, 6.45) is 1.01. The first kappa shape index (κ1) is 16.1. The van der Waals surface area contributed by atoms with Gasteiger partial charge in [-0.1, -0.05) is 31.2 Å². The summed E-state index contributed by atoms with van der Waals surface area (Å²) in [7, 11) is -0.423. The summed E-state index contributed by atoms with van der Waals surface area (Å²) in [4.78, 5) is 0. The van der Waals surface area contributed by atoms with Crippen LogP contribution in [0, 0.1) is 23.4 Å².